The van der Waals surface area contributed by atoms with Crippen molar-refractivity contribution in [3.8, 4) is 0 Å². The van der Waals surface area contributed by atoms with Gasteiger partial charge in [0.15, 0.2) is 0 Å². The normalized spacial score (nSPS) is 33.5. The van der Waals surface area contributed by atoms with Crippen molar-refractivity contribution in [3.63, 3.8) is 0 Å². The first-order valence-electron chi connectivity index (χ1n) is 6.79. The van der Waals surface area contributed by atoms with Crippen molar-refractivity contribution in [1.82, 2.24) is 5.32 Å². The molecule has 0 heterocycles. The van der Waals surface area contributed by atoms with Gasteiger partial charge in [0.25, 0.3) is 0 Å². The van der Waals surface area contributed by atoms with E-state index in [1.807, 2.05) is 0 Å². The standard InChI is InChI=1S/C14H25NO/c1-11(10-16)3-2-6-15-9-14-8-12-4-5-13(14)7-12/h4-5,11-16H,2-3,6-10H2,1H3. The molecule has 0 aromatic heterocycles. The molecule has 2 aliphatic rings. The van der Waals surface area contributed by atoms with Gasteiger partial charge in [-0.05, 0) is 62.4 Å². The lowest BCUT2D eigenvalue weighted by molar-refractivity contribution is 0.227. The third-order valence-corrected chi connectivity index (χ3v) is 4.19. The van der Waals surface area contributed by atoms with Gasteiger partial charge < -0.3 is 10.4 Å². The number of nitrogens with one attached hydrogen (secondary N) is 1. The SMILES string of the molecule is CC(CO)CCCNCC1CC2C=CC1C2. The molecule has 0 aliphatic heterocycles. The number of hydrogen-bond donors (Lipinski definition) is 2. The van der Waals surface area contributed by atoms with Gasteiger partial charge in [-0.3, -0.25) is 0 Å². The average molecular weight is 223 g/mol. The first-order valence-corrected chi connectivity index (χ1v) is 6.79. The van der Waals surface area contributed by atoms with Crippen molar-refractivity contribution in [2.75, 3.05) is 19.7 Å². The van der Waals surface area contributed by atoms with Crippen molar-refractivity contribution in [1.29, 1.82) is 0 Å². The lowest BCUT2D eigenvalue weighted by Crippen LogP contribution is -2.26. The maximum Gasteiger partial charge on any atom is 0.0456 e. The molecular weight excluding hydrogens is 198 g/mol. The molecule has 1 saturated carbocycles. The van der Waals surface area contributed by atoms with Gasteiger partial charge in [-0.1, -0.05) is 19.1 Å². The number of aliphatic hydroxyl groups excluding tert-OH is 1. The molecule has 4 atom stereocenters. The molecule has 92 valence electrons. The van der Waals surface area contributed by atoms with Crippen molar-refractivity contribution in [2.45, 2.75) is 32.6 Å². The van der Waals surface area contributed by atoms with Crippen LogP contribution in [0.5, 0.6) is 0 Å². The predicted molar refractivity (Wildman–Crippen MR) is 67.2 cm³/mol. The average Bonchev–Trinajstić information content (AvgIpc) is 2.90. The number of fused-ring (bicyclic) bond motifs is 2. The smallest absolute Gasteiger partial charge is 0.0456 e. The van der Waals surface area contributed by atoms with Crippen LogP contribution in [0, 0.1) is 23.7 Å². The van der Waals surface area contributed by atoms with Crippen molar-refractivity contribution >= 4 is 0 Å². The lowest BCUT2D eigenvalue weighted by Gasteiger charge is -2.18. The highest BCUT2D eigenvalue weighted by molar-refractivity contribution is 5.10. The summed E-state index contributed by atoms with van der Waals surface area (Å²) in [6, 6.07) is 0. The Kier molecular flexibility index (Phi) is 4.42. The van der Waals surface area contributed by atoms with E-state index >= 15 is 0 Å². The van der Waals surface area contributed by atoms with E-state index in [2.05, 4.69) is 24.4 Å². The van der Waals surface area contributed by atoms with Crippen molar-refractivity contribution < 1.29 is 5.11 Å². The maximum atomic E-state index is 8.91. The van der Waals surface area contributed by atoms with Crippen LogP contribution in [0.2, 0.25) is 0 Å². The number of hydrogen-bond acceptors (Lipinski definition) is 2. The summed E-state index contributed by atoms with van der Waals surface area (Å²) in [5.41, 5.74) is 0. The zero-order valence-electron chi connectivity index (χ0n) is 10.4. The first-order chi connectivity index (χ1) is 7.79. The molecule has 16 heavy (non-hydrogen) atoms. The van der Waals surface area contributed by atoms with E-state index in [0.29, 0.717) is 12.5 Å². The zero-order chi connectivity index (χ0) is 11.4. The van der Waals surface area contributed by atoms with Gasteiger partial charge in [-0.25, -0.2) is 0 Å². The second-order valence-electron chi connectivity index (χ2n) is 5.67. The largest absolute Gasteiger partial charge is 0.396 e. The Balaban J connectivity index is 1.51. The maximum absolute atomic E-state index is 8.91. The highest BCUT2D eigenvalue weighted by Gasteiger charge is 2.34. The molecule has 0 spiro atoms. The Bertz CT molecular complexity index is 239. The summed E-state index contributed by atoms with van der Waals surface area (Å²) in [5.74, 6) is 3.12. The summed E-state index contributed by atoms with van der Waals surface area (Å²) in [4.78, 5) is 0. The van der Waals surface area contributed by atoms with Crippen LogP contribution in [0.4, 0.5) is 0 Å². The summed E-state index contributed by atoms with van der Waals surface area (Å²) in [6.07, 6.45) is 9.98. The third-order valence-electron chi connectivity index (χ3n) is 4.19. The summed E-state index contributed by atoms with van der Waals surface area (Å²) < 4.78 is 0. The highest BCUT2D eigenvalue weighted by atomic mass is 16.3. The Morgan fingerprint density at radius 3 is 2.88 bits per heavy atom. The topological polar surface area (TPSA) is 32.3 Å². The molecule has 0 aromatic rings. The van der Waals surface area contributed by atoms with Crippen LogP contribution >= 0.6 is 0 Å². The minimum Gasteiger partial charge on any atom is -0.396 e. The molecule has 2 bridgehead atoms. The molecule has 2 nitrogen and oxygen atoms in total. The quantitative estimate of drug-likeness (QED) is 0.512. The second kappa shape index (κ2) is 5.83. The Morgan fingerprint density at radius 1 is 1.38 bits per heavy atom. The van der Waals surface area contributed by atoms with Crippen LogP contribution in [-0.4, -0.2) is 24.8 Å². The molecule has 0 saturated heterocycles. The van der Waals surface area contributed by atoms with Crippen molar-refractivity contribution in [2.24, 2.45) is 23.7 Å². The van der Waals surface area contributed by atoms with Crippen LogP contribution in [0.1, 0.15) is 32.6 Å². The molecule has 4 unspecified atom stereocenters. The Labute approximate surface area is 99.1 Å². The molecule has 2 N–H and O–H groups in total. The minimum absolute atomic E-state index is 0.331. The Hall–Kier alpha value is -0.340. The number of aliphatic hydroxyl groups is 1. The van der Waals surface area contributed by atoms with Crippen LogP contribution in [0.15, 0.2) is 12.2 Å². The van der Waals surface area contributed by atoms with Crippen LogP contribution < -0.4 is 5.32 Å². The van der Waals surface area contributed by atoms with Gasteiger partial charge in [0.2, 0.25) is 0 Å². The summed E-state index contributed by atoms with van der Waals surface area (Å²) in [6.45, 7) is 4.75. The fraction of sp³-hybridized carbons (Fsp3) is 0.857. The molecule has 2 aliphatic carbocycles. The molecule has 0 radical (unpaired) electrons. The van der Waals surface area contributed by atoms with Gasteiger partial charge in [0, 0.05) is 6.61 Å². The monoisotopic (exact) mass is 223 g/mol. The zero-order valence-corrected chi connectivity index (χ0v) is 10.4. The van der Waals surface area contributed by atoms with Crippen LogP contribution in [0.3, 0.4) is 0 Å². The number of rotatable bonds is 7. The number of allylic oxidation sites excluding steroid dienone is 2. The van der Waals surface area contributed by atoms with E-state index in [1.165, 1.54) is 25.8 Å². The second-order valence-corrected chi connectivity index (χ2v) is 5.67. The lowest BCUT2D eigenvalue weighted by atomic mass is 9.93. The fourth-order valence-electron chi connectivity index (χ4n) is 3.08. The summed E-state index contributed by atoms with van der Waals surface area (Å²) >= 11 is 0. The summed E-state index contributed by atoms with van der Waals surface area (Å²) in [7, 11) is 0. The van der Waals surface area contributed by atoms with Crippen LogP contribution in [-0.2, 0) is 0 Å². The molecular formula is C14H25NO. The van der Waals surface area contributed by atoms with Gasteiger partial charge in [0.05, 0.1) is 0 Å². The molecule has 2 heteroatoms. The van der Waals surface area contributed by atoms with Gasteiger partial charge in [-0.15, -0.1) is 0 Å². The van der Waals surface area contributed by atoms with E-state index < -0.39 is 0 Å². The highest BCUT2D eigenvalue weighted by Crippen LogP contribution is 2.42. The van der Waals surface area contributed by atoms with Gasteiger partial charge >= 0.3 is 0 Å². The molecule has 2 rings (SSSR count). The van der Waals surface area contributed by atoms with Gasteiger partial charge in [0.1, 0.15) is 0 Å². The van der Waals surface area contributed by atoms with E-state index in [0.717, 1.165) is 30.7 Å². The first kappa shape index (κ1) is 12.1. The molecule has 0 amide bonds. The van der Waals surface area contributed by atoms with Crippen LogP contribution in [0.25, 0.3) is 0 Å². The minimum atomic E-state index is 0.331. The van der Waals surface area contributed by atoms with E-state index in [4.69, 9.17) is 5.11 Å². The predicted octanol–water partition coefficient (Wildman–Crippen LogP) is 2.20. The third kappa shape index (κ3) is 3.08. The fourth-order valence-corrected chi connectivity index (χ4v) is 3.08. The van der Waals surface area contributed by atoms with E-state index in [1.54, 1.807) is 0 Å². The van der Waals surface area contributed by atoms with E-state index in [9.17, 15) is 0 Å². The molecule has 1 fully saturated rings. The molecule has 0 aromatic carbocycles. The van der Waals surface area contributed by atoms with Gasteiger partial charge in [-0.2, -0.15) is 0 Å². The summed E-state index contributed by atoms with van der Waals surface area (Å²) in [5, 5.41) is 12.5. The van der Waals surface area contributed by atoms with Crippen molar-refractivity contribution in [3.05, 3.63) is 12.2 Å². The van der Waals surface area contributed by atoms with E-state index in [-0.39, 0.29) is 0 Å². The Morgan fingerprint density at radius 2 is 2.25 bits per heavy atom.